The summed E-state index contributed by atoms with van der Waals surface area (Å²) in [6, 6.07) is 6.20. The van der Waals surface area contributed by atoms with Crippen LogP contribution < -0.4 is 16.0 Å². The van der Waals surface area contributed by atoms with E-state index in [-0.39, 0.29) is 42.2 Å². The zero-order valence-electron chi connectivity index (χ0n) is 15.1. The third kappa shape index (κ3) is 4.40. The summed E-state index contributed by atoms with van der Waals surface area (Å²) in [7, 11) is 0. The Balaban J connectivity index is 1.54. The smallest absolute Gasteiger partial charge is 0.254 e. The summed E-state index contributed by atoms with van der Waals surface area (Å²) in [6.07, 6.45) is 1.97. The van der Waals surface area contributed by atoms with E-state index in [1.165, 1.54) is 0 Å². The average Bonchev–Trinajstić information content (AvgIpc) is 2.69. The van der Waals surface area contributed by atoms with Crippen molar-refractivity contribution in [1.82, 2.24) is 10.6 Å². The van der Waals surface area contributed by atoms with Crippen molar-refractivity contribution >= 4 is 23.4 Å². The molecule has 7 nitrogen and oxygen atoms in total. The van der Waals surface area contributed by atoms with Crippen LogP contribution in [0.5, 0.6) is 0 Å². The first-order chi connectivity index (χ1) is 12.3. The van der Waals surface area contributed by atoms with Crippen molar-refractivity contribution in [3.63, 3.8) is 0 Å². The third-order valence-electron chi connectivity index (χ3n) is 4.77. The van der Waals surface area contributed by atoms with Crippen LogP contribution in [0, 0.1) is 0 Å². The maximum absolute atomic E-state index is 12.3. The molecule has 2 aliphatic rings. The minimum Gasteiger partial charge on any atom is -0.375 e. The number of rotatable bonds is 4. The highest BCUT2D eigenvalue weighted by Gasteiger charge is 2.31. The molecule has 3 rings (SSSR count). The van der Waals surface area contributed by atoms with Crippen molar-refractivity contribution in [3.05, 3.63) is 29.8 Å². The van der Waals surface area contributed by atoms with Gasteiger partial charge in [0.25, 0.3) is 5.91 Å². The van der Waals surface area contributed by atoms with Crippen LogP contribution in [0.15, 0.2) is 24.3 Å². The predicted molar refractivity (Wildman–Crippen MR) is 96.8 cm³/mol. The molecule has 7 heteroatoms. The van der Waals surface area contributed by atoms with E-state index >= 15 is 0 Å². The number of anilines is 1. The Hall–Kier alpha value is -2.41. The monoisotopic (exact) mass is 359 g/mol. The second kappa shape index (κ2) is 7.45. The lowest BCUT2D eigenvalue weighted by Crippen LogP contribution is -2.46. The Morgan fingerprint density at radius 3 is 2.85 bits per heavy atom. The highest BCUT2D eigenvalue weighted by Crippen LogP contribution is 2.24. The number of carbonyl (C=O) groups excluding carboxylic acids is 3. The van der Waals surface area contributed by atoms with Crippen LogP contribution in [0.4, 0.5) is 5.69 Å². The van der Waals surface area contributed by atoms with E-state index in [9.17, 15) is 14.4 Å². The largest absolute Gasteiger partial charge is 0.375 e. The fraction of sp³-hybridized carbons (Fsp3) is 0.526. The van der Waals surface area contributed by atoms with Crippen molar-refractivity contribution < 1.29 is 19.1 Å². The number of para-hydroxylation sites is 1. The van der Waals surface area contributed by atoms with Crippen molar-refractivity contribution in [2.45, 2.75) is 57.2 Å². The van der Waals surface area contributed by atoms with Gasteiger partial charge in [-0.2, -0.15) is 0 Å². The van der Waals surface area contributed by atoms with Crippen molar-refractivity contribution in [2.24, 2.45) is 0 Å². The molecule has 1 saturated heterocycles. The summed E-state index contributed by atoms with van der Waals surface area (Å²) in [6.45, 7) is 4.64. The molecule has 0 bridgehead atoms. The summed E-state index contributed by atoms with van der Waals surface area (Å²) in [5, 5.41) is 8.46. The molecule has 3 N–H and O–H groups in total. The van der Waals surface area contributed by atoms with Gasteiger partial charge in [0, 0.05) is 19.1 Å². The Kier molecular flexibility index (Phi) is 5.27. The molecule has 0 spiro atoms. The number of nitrogens with one attached hydrogen (secondary N) is 3. The topological polar surface area (TPSA) is 96.5 Å². The SMILES string of the molecule is CC1(C)C[C@@H](NC(=O)CC[C@@H]2NC(=O)c3ccccc3NC2=O)CCO1. The molecule has 140 valence electrons. The zero-order valence-corrected chi connectivity index (χ0v) is 15.1. The molecule has 2 aliphatic heterocycles. The van der Waals surface area contributed by atoms with E-state index in [0.29, 0.717) is 17.9 Å². The van der Waals surface area contributed by atoms with E-state index < -0.39 is 6.04 Å². The molecule has 1 aromatic carbocycles. The van der Waals surface area contributed by atoms with E-state index in [1.807, 2.05) is 13.8 Å². The van der Waals surface area contributed by atoms with Crippen LogP contribution in [0.25, 0.3) is 0 Å². The average molecular weight is 359 g/mol. The van der Waals surface area contributed by atoms with Gasteiger partial charge in [0.05, 0.1) is 16.9 Å². The van der Waals surface area contributed by atoms with Gasteiger partial charge in [-0.05, 0) is 45.2 Å². The number of ether oxygens (including phenoxy) is 1. The van der Waals surface area contributed by atoms with Crippen LogP contribution in [-0.2, 0) is 14.3 Å². The predicted octanol–water partition coefficient (Wildman–Crippen LogP) is 1.59. The van der Waals surface area contributed by atoms with Gasteiger partial charge in [-0.25, -0.2) is 0 Å². The van der Waals surface area contributed by atoms with E-state index in [1.54, 1.807) is 24.3 Å². The lowest BCUT2D eigenvalue weighted by molar-refractivity contribution is -0.124. The number of hydrogen-bond acceptors (Lipinski definition) is 4. The molecule has 2 atom stereocenters. The fourth-order valence-electron chi connectivity index (χ4n) is 3.45. The molecule has 0 aromatic heterocycles. The first kappa shape index (κ1) is 18.4. The second-order valence-corrected chi connectivity index (χ2v) is 7.46. The van der Waals surface area contributed by atoms with Crippen molar-refractivity contribution in [3.8, 4) is 0 Å². The lowest BCUT2D eigenvalue weighted by atomic mass is 9.94. The van der Waals surface area contributed by atoms with Crippen LogP contribution in [-0.4, -0.2) is 42.0 Å². The molecule has 0 saturated carbocycles. The maximum Gasteiger partial charge on any atom is 0.254 e. The maximum atomic E-state index is 12.3. The lowest BCUT2D eigenvalue weighted by Gasteiger charge is -2.35. The first-order valence-electron chi connectivity index (χ1n) is 8.98. The standard InChI is InChI=1S/C19H25N3O4/c1-19(2)11-12(9-10-26-19)20-16(23)8-7-15-18(25)21-14-6-4-3-5-13(14)17(24)22-15/h3-6,12,15H,7-11H2,1-2H3,(H,20,23)(H,21,25)(H,22,24)/t12-,15-/m0/s1. The van der Waals surface area contributed by atoms with E-state index in [4.69, 9.17) is 4.74 Å². The van der Waals surface area contributed by atoms with Crippen molar-refractivity contribution in [1.29, 1.82) is 0 Å². The third-order valence-corrected chi connectivity index (χ3v) is 4.77. The van der Waals surface area contributed by atoms with Crippen LogP contribution >= 0.6 is 0 Å². The van der Waals surface area contributed by atoms with Crippen molar-refractivity contribution in [2.75, 3.05) is 11.9 Å². The number of hydrogen-bond donors (Lipinski definition) is 3. The Morgan fingerprint density at radius 2 is 2.08 bits per heavy atom. The van der Waals surface area contributed by atoms with Crippen LogP contribution in [0.1, 0.15) is 49.9 Å². The molecule has 0 radical (unpaired) electrons. The normalized spacial score (nSPS) is 24.7. The van der Waals surface area contributed by atoms with Crippen LogP contribution in [0.2, 0.25) is 0 Å². The number of amides is 3. The van der Waals surface area contributed by atoms with Gasteiger partial charge in [0.15, 0.2) is 0 Å². The summed E-state index contributed by atoms with van der Waals surface area (Å²) in [4.78, 5) is 36.9. The molecule has 3 amide bonds. The molecule has 1 fully saturated rings. The van der Waals surface area contributed by atoms with Gasteiger partial charge in [0.1, 0.15) is 6.04 Å². The highest BCUT2D eigenvalue weighted by molar-refractivity contribution is 6.09. The molecular weight excluding hydrogens is 334 g/mol. The molecular formula is C19H25N3O4. The van der Waals surface area contributed by atoms with Gasteiger partial charge >= 0.3 is 0 Å². The quantitative estimate of drug-likeness (QED) is 0.761. The highest BCUT2D eigenvalue weighted by atomic mass is 16.5. The van der Waals surface area contributed by atoms with Crippen LogP contribution in [0.3, 0.4) is 0 Å². The first-order valence-corrected chi connectivity index (χ1v) is 8.98. The Bertz CT molecular complexity index is 716. The van der Waals surface area contributed by atoms with Gasteiger partial charge in [-0.1, -0.05) is 12.1 Å². The van der Waals surface area contributed by atoms with Gasteiger partial charge in [-0.3, -0.25) is 14.4 Å². The zero-order chi connectivity index (χ0) is 18.7. The number of benzene rings is 1. The summed E-state index contributed by atoms with van der Waals surface area (Å²) in [5.74, 6) is -0.727. The van der Waals surface area contributed by atoms with Gasteiger partial charge in [-0.15, -0.1) is 0 Å². The number of fused-ring (bicyclic) bond motifs is 1. The molecule has 0 unspecified atom stereocenters. The second-order valence-electron chi connectivity index (χ2n) is 7.46. The van der Waals surface area contributed by atoms with E-state index in [2.05, 4.69) is 16.0 Å². The summed E-state index contributed by atoms with van der Waals surface area (Å²) >= 11 is 0. The molecule has 0 aliphatic carbocycles. The van der Waals surface area contributed by atoms with Gasteiger partial charge in [0.2, 0.25) is 11.8 Å². The molecule has 26 heavy (non-hydrogen) atoms. The summed E-state index contributed by atoms with van der Waals surface area (Å²) < 4.78 is 5.65. The Morgan fingerprint density at radius 1 is 1.31 bits per heavy atom. The minimum atomic E-state index is -0.730. The molecule has 1 aromatic rings. The van der Waals surface area contributed by atoms with Gasteiger partial charge < -0.3 is 20.7 Å². The fourth-order valence-corrected chi connectivity index (χ4v) is 3.45. The minimum absolute atomic E-state index is 0.0769. The number of carbonyl (C=O) groups is 3. The Labute approximate surface area is 152 Å². The molecule has 2 heterocycles. The van der Waals surface area contributed by atoms with E-state index in [0.717, 1.165) is 12.8 Å². The summed E-state index contributed by atoms with van der Waals surface area (Å²) in [5.41, 5.74) is 0.681.